The molecule has 2 unspecified atom stereocenters. The van der Waals surface area contributed by atoms with Crippen LogP contribution in [0.4, 0.5) is 8.78 Å². The van der Waals surface area contributed by atoms with Crippen LogP contribution in [0, 0.1) is 17.8 Å². The zero-order valence-corrected chi connectivity index (χ0v) is 27.9. The second-order valence-electron chi connectivity index (χ2n) is 12.7. The number of alkyl halides is 2. The van der Waals surface area contributed by atoms with Crippen LogP contribution in [0.1, 0.15) is 89.5 Å². The Kier molecular flexibility index (Phi) is 18.1. The highest BCUT2D eigenvalue weighted by molar-refractivity contribution is 5.85. The van der Waals surface area contributed by atoms with E-state index in [2.05, 4.69) is 30.4 Å². The summed E-state index contributed by atoms with van der Waals surface area (Å²) in [6.45, 7) is 3.98. The summed E-state index contributed by atoms with van der Waals surface area (Å²) in [5.41, 5.74) is 11.5. The number of nitrogens with zero attached hydrogens (tertiary/aromatic N) is 2. The third-order valence-corrected chi connectivity index (χ3v) is 8.85. The molecule has 256 valence electrons. The van der Waals surface area contributed by atoms with Gasteiger partial charge in [-0.25, -0.2) is 8.78 Å². The lowest BCUT2D eigenvalue weighted by Gasteiger charge is -2.29. The first kappa shape index (κ1) is 38.9. The predicted octanol–water partition coefficient (Wildman–Crippen LogP) is 6.78. The number of allylic oxidation sites excluding steroid dienone is 5. The van der Waals surface area contributed by atoms with Crippen LogP contribution >= 0.6 is 0 Å². The molecule has 0 aliphatic heterocycles. The van der Waals surface area contributed by atoms with Crippen LogP contribution in [0.2, 0.25) is 0 Å². The lowest BCUT2D eigenvalue weighted by Crippen LogP contribution is -2.46. The molecule has 0 radical (unpaired) electrons. The number of amides is 3. The molecular weight excluding hydrogens is 586 g/mol. The van der Waals surface area contributed by atoms with Crippen molar-refractivity contribution in [2.24, 2.45) is 29.2 Å². The van der Waals surface area contributed by atoms with E-state index >= 15 is 0 Å². The van der Waals surface area contributed by atoms with Gasteiger partial charge < -0.3 is 21.3 Å². The molecule has 7 nitrogen and oxygen atoms in total. The molecule has 0 bridgehead atoms. The molecule has 46 heavy (non-hydrogen) atoms. The summed E-state index contributed by atoms with van der Waals surface area (Å²) in [6.07, 6.45) is 23.0. The van der Waals surface area contributed by atoms with Crippen LogP contribution in [-0.2, 0) is 20.9 Å². The first-order chi connectivity index (χ1) is 22.1. The molecule has 2 fully saturated rings. The molecular formula is C37H56F2N4O3. The minimum atomic E-state index is -2.56. The average molecular weight is 643 g/mol. The van der Waals surface area contributed by atoms with Crippen molar-refractivity contribution in [3.8, 4) is 0 Å². The van der Waals surface area contributed by atoms with Gasteiger partial charge in [-0.15, -0.1) is 0 Å². The van der Waals surface area contributed by atoms with Crippen molar-refractivity contribution in [2.45, 2.75) is 102 Å². The zero-order chi connectivity index (χ0) is 33.8. The van der Waals surface area contributed by atoms with E-state index in [0.29, 0.717) is 13.1 Å². The maximum Gasteiger partial charge on any atom is 0.249 e. The number of nitrogens with two attached hydrogens (primary N) is 2. The van der Waals surface area contributed by atoms with Gasteiger partial charge in [0.05, 0.1) is 0 Å². The highest BCUT2D eigenvalue weighted by Crippen LogP contribution is 2.35. The van der Waals surface area contributed by atoms with E-state index in [-0.39, 0.29) is 37.5 Å². The summed E-state index contributed by atoms with van der Waals surface area (Å²) in [6, 6.07) is 9.42. The van der Waals surface area contributed by atoms with Gasteiger partial charge in [0.2, 0.25) is 24.1 Å². The molecule has 1 aromatic carbocycles. The van der Waals surface area contributed by atoms with E-state index in [1.165, 1.54) is 32.1 Å². The van der Waals surface area contributed by atoms with Gasteiger partial charge in [0.1, 0.15) is 6.04 Å². The number of primary amides is 1. The minimum absolute atomic E-state index is 0.0331. The SMILES string of the molecule is CCCN(C=O)C(/C=C/CC1CCC1)C(=O)N(C)Cc1ccccc1.NC(=O)C1CCC(F)(F)CC1.NCCCC1C=CC=CC1. The van der Waals surface area contributed by atoms with E-state index < -0.39 is 17.9 Å². The van der Waals surface area contributed by atoms with Crippen molar-refractivity contribution < 1.29 is 23.2 Å². The number of carbonyl (C=O) groups excluding carboxylic acids is 3. The number of carbonyl (C=O) groups is 3. The Hall–Kier alpha value is -3.33. The number of rotatable bonds is 14. The molecule has 0 spiro atoms. The molecule has 4 N–H and O–H groups in total. The third kappa shape index (κ3) is 14.8. The van der Waals surface area contributed by atoms with Gasteiger partial charge >= 0.3 is 0 Å². The molecule has 0 aromatic heterocycles. The highest BCUT2D eigenvalue weighted by Gasteiger charge is 2.36. The fourth-order valence-corrected chi connectivity index (χ4v) is 5.69. The van der Waals surface area contributed by atoms with Gasteiger partial charge in [0, 0.05) is 38.9 Å². The standard InChI is InChI=1S/C21H30N2O2.C9H15N.C7H11F2NO/c1-3-15-23(17-24)20(14-8-13-18-11-7-12-18)21(25)22(2)16-19-9-5-4-6-10-19;10-8-4-7-9-5-2-1-3-6-9;8-7(9)3-1-5(2-4-7)6(10)11/h4-6,8-10,14,17-18,20H,3,7,11-13,15-16H2,1-2H3;1-3,5,9H,4,6-8,10H2;5H,1-4H2,(H2,10,11)/b14-8+;;. The predicted molar refractivity (Wildman–Crippen MR) is 182 cm³/mol. The first-order valence-electron chi connectivity index (χ1n) is 17.0. The lowest BCUT2D eigenvalue weighted by atomic mass is 9.83. The average Bonchev–Trinajstić information content (AvgIpc) is 3.03. The van der Waals surface area contributed by atoms with E-state index in [4.69, 9.17) is 11.5 Å². The number of benzene rings is 1. The van der Waals surface area contributed by atoms with Crippen molar-refractivity contribution in [1.82, 2.24) is 9.80 Å². The van der Waals surface area contributed by atoms with Crippen molar-refractivity contribution in [2.75, 3.05) is 20.1 Å². The van der Waals surface area contributed by atoms with Crippen molar-refractivity contribution >= 4 is 18.2 Å². The van der Waals surface area contributed by atoms with Gasteiger partial charge in [-0.05, 0) is 68.9 Å². The first-order valence-corrected chi connectivity index (χ1v) is 17.0. The van der Waals surface area contributed by atoms with Crippen molar-refractivity contribution in [1.29, 1.82) is 0 Å². The molecule has 9 heteroatoms. The number of hydrogen-bond acceptors (Lipinski definition) is 4. The molecule has 1 aromatic rings. The maximum atomic E-state index is 13.0. The van der Waals surface area contributed by atoms with E-state index in [9.17, 15) is 23.2 Å². The van der Waals surface area contributed by atoms with Gasteiger partial charge in [0.15, 0.2) is 0 Å². The fourth-order valence-electron chi connectivity index (χ4n) is 5.69. The monoisotopic (exact) mass is 642 g/mol. The highest BCUT2D eigenvalue weighted by atomic mass is 19.3. The summed E-state index contributed by atoms with van der Waals surface area (Å²) < 4.78 is 25.0. The lowest BCUT2D eigenvalue weighted by molar-refractivity contribution is -0.138. The van der Waals surface area contributed by atoms with Crippen LogP contribution in [0.25, 0.3) is 0 Å². The van der Waals surface area contributed by atoms with Gasteiger partial charge in [-0.1, -0.05) is 93.0 Å². The molecule has 3 aliphatic carbocycles. The molecule has 0 saturated heterocycles. The van der Waals surface area contributed by atoms with Gasteiger partial charge in [0.25, 0.3) is 0 Å². The third-order valence-electron chi connectivity index (χ3n) is 8.85. The van der Waals surface area contributed by atoms with E-state index in [1.54, 1.807) is 16.8 Å². The molecule has 2 saturated carbocycles. The smallest absolute Gasteiger partial charge is 0.249 e. The zero-order valence-electron chi connectivity index (χ0n) is 27.9. The Bertz CT molecular complexity index is 1110. The van der Waals surface area contributed by atoms with Crippen LogP contribution in [0.3, 0.4) is 0 Å². The maximum absolute atomic E-state index is 13.0. The Morgan fingerprint density at radius 2 is 1.78 bits per heavy atom. The molecule has 4 rings (SSSR count). The quantitative estimate of drug-likeness (QED) is 0.172. The summed E-state index contributed by atoms with van der Waals surface area (Å²) >= 11 is 0. The number of hydrogen-bond donors (Lipinski definition) is 2. The van der Waals surface area contributed by atoms with Gasteiger partial charge in [-0.3, -0.25) is 14.4 Å². The minimum Gasteiger partial charge on any atom is -0.369 e. The second-order valence-corrected chi connectivity index (χ2v) is 12.7. The second kappa shape index (κ2) is 21.5. The molecule has 0 heterocycles. The summed E-state index contributed by atoms with van der Waals surface area (Å²) in [5.74, 6) is -1.85. The van der Waals surface area contributed by atoms with Crippen molar-refractivity contribution in [3.63, 3.8) is 0 Å². The van der Waals surface area contributed by atoms with E-state index in [1.807, 2.05) is 43.3 Å². The van der Waals surface area contributed by atoms with E-state index in [0.717, 1.165) is 49.6 Å². The largest absolute Gasteiger partial charge is 0.369 e. The summed E-state index contributed by atoms with van der Waals surface area (Å²) in [4.78, 5) is 38.3. The molecule has 3 aliphatic rings. The molecule has 3 amide bonds. The van der Waals surface area contributed by atoms with Crippen LogP contribution in [-0.4, -0.2) is 60.1 Å². The topological polar surface area (TPSA) is 110 Å². The van der Waals surface area contributed by atoms with Crippen LogP contribution in [0.15, 0.2) is 66.8 Å². The fraction of sp³-hybridized carbons (Fsp3) is 0.595. The Balaban J connectivity index is 0.000000287. The van der Waals surface area contributed by atoms with Crippen LogP contribution in [0.5, 0.6) is 0 Å². The number of likely N-dealkylation sites (N-methyl/N-ethyl adjacent to an activating group) is 1. The van der Waals surface area contributed by atoms with Gasteiger partial charge in [-0.2, -0.15) is 0 Å². The summed E-state index contributed by atoms with van der Waals surface area (Å²) in [7, 11) is 1.80. The molecule has 2 atom stereocenters. The summed E-state index contributed by atoms with van der Waals surface area (Å²) in [5, 5.41) is 0. The number of halogens is 2. The Morgan fingerprint density at radius 1 is 1.09 bits per heavy atom. The van der Waals surface area contributed by atoms with Crippen molar-refractivity contribution in [3.05, 3.63) is 72.4 Å². The normalized spacial score (nSPS) is 19.5. The Morgan fingerprint density at radius 3 is 2.30 bits per heavy atom. The Labute approximate surface area is 275 Å². The van der Waals surface area contributed by atoms with Crippen LogP contribution < -0.4 is 11.5 Å².